The molecule has 2 aliphatic rings. The maximum Gasteiger partial charge on any atom is 0.135 e. The number of fused-ring (bicyclic) bond motifs is 1. The number of hydrogen-bond donors (Lipinski definition) is 2. The minimum Gasteiger partial charge on any atom is -0.387 e. The number of nitrogens with one attached hydrogen (secondary N) is 1. The maximum atomic E-state index is 7.65. The van der Waals surface area contributed by atoms with E-state index in [1.54, 1.807) is 6.33 Å². The van der Waals surface area contributed by atoms with Gasteiger partial charge in [0.05, 0.1) is 5.84 Å². The van der Waals surface area contributed by atoms with Gasteiger partial charge in [0.1, 0.15) is 12.1 Å². The first kappa shape index (κ1) is 12.4. The average Bonchev–Trinajstić information content (AvgIpc) is 2.47. The van der Waals surface area contributed by atoms with Gasteiger partial charge in [0, 0.05) is 30.3 Å². The van der Waals surface area contributed by atoms with E-state index in [-0.39, 0.29) is 5.92 Å². The summed E-state index contributed by atoms with van der Waals surface area (Å²) in [4.78, 5) is 11.2. The standard InChI is InChI=1S/C14H21N5/c15-13(16)10-4-3-7-19(8-10)14-11-5-1-2-6-12(11)17-9-18-14/h9-10H,1-8H2,(H3,15,16). The van der Waals surface area contributed by atoms with Crippen molar-refractivity contribution in [2.45, 2.75) is 38.5 Å². The molecule has 1 aromatic rings. The first-order valence-electron chi connectivity index (χ1n) is 7.17. The van der Waals surface area contributed by atoms with Gasteiger partial charge in [0.2, 0.25) is 0 Å². The summed E-state index contributed by atoms with van der Waals surface area (Å²) in [5, 5.41) is 7.65. The third kappa shape index (κ3) is 2.41. The van der Waals surface area contributed by atoms with Crippen molar-refractivity contribution in [2.75, 3.05) is 18.0 Å². The molecule has 0 bridgehead atoms. The second-order valence-electron chi connectivity index (χ2n) is 5.57. The SMILES string of the molecule is N=C(N)C1CCCN(c2ncnc3c2CCCC3)C1. The van der Waals surface area contributed by atoms with Gasteiger partial charge in [-0.15, -0.1) is 0 Å². The monoisotopic (exact) mass is 259 g/mol. The van der Waals surface area contributed by atoms with Gasteiger partial charge in [-0.1, -0.05) is 0 Å². The molecule has 0 amide bonds. The molecule has 1 aliphatic carbocycles. The molecule has 0 aromatic carbocycles. The van der Waals surface area contributed by atoms with Crippen LogP contribution >= 0.6 is 0 Å². The summed E-state index contributed by atoms with van der Waals surface area (Å²) < 4.78 is 0. The zero-order chi connectivity index (χ0) is 13.2. The number of aryl methyl sites for hydroxylation is 1. The lowest BCUT2D eigenvalue weighted by Gasteiger charge is -2.34. The summed E-state index contributed by atoms with van der Waals surface area (Å²) in [5.41, 5.74) is 8.22. The Labute approximate surface area is 113 Å². The lowest BCUT2D eigenvalue weighted by Crippen LogP contribution is -2.42. The molecule has 0 spiro atoms. The fourth-order valence-electron chi connectivity index (χ4n) is 3.20. The average molecular weight is 259 g/mol. The van der Waals surface area contributed by atoms with Crippen molar-refractivity contribution in [3.05, 3.63) is 17.6 Å². The summed E-state index contributed by atoms with van der Waals surface area (Å²) in [6.45, 7) is 1.85. The highest BCUT2D eigenvalue weighted by Gasteiger charge is 2.26. The molecule has 1 aliphatic heterocycles. The quantitative estimate of drug-likeness (QED) is 0.623. The Kier molecular flexibility index (Phi) is 3.36. The van der Waals surface area contributed by atoms with E-state index in [9.17, 15) is 0 Å². The zero-order valence-corrected chi connectivity index (χ0v) is 11.2. The fourth-order valence-corrected chi connectivity index (χ4v) is 3.20. The molecule has 0 saturated carbocycles. The minimum absolute atomic E-state index is 0.183. The van der Waals surface area contributed by atoms with E-state index in [1.165, 1.54) is 24.1 Å². The van der Waals surface area contributed by atoms with Crippen LogP contribution in [0.25, 0.3) is 0 Å². The van der Waals surface area contributed by atoms with Gasteiger partial charge in [-0.2, -0.15) is 0 Å². The van der Waals surface area contributed by atoms with Crippen molar-refractivity contribution in [1.82, 2.24) is 9.97 Å². The fraction of sp³-hybridized carbons (Fsp3) is 0.643. The first-order valence-corrected chi connectivity index (χ1v) is 7.17. The number of amidine groups is 1. The molecule has 3 N–H and O–H groups in total. The van der Waals surface area contributed by atoms with E-state index < -0.39 is 0 Å². The Morgan fingerprint density at radius 1 is 1.26 bits per heavy atom. The van der Waals surface area contributed by atoms with E-state index >= 15 is 0 Å². The molecule has 1 saturated heterocycles. The molecule has 102 valence electrons. The molecule has 1 fully saturated rings. The number of nitrogens with two attached hydrogens (primary N) is 1. The molecule has 19 heavy (non-hydrogen) atoms. The van der Waals surface area contributed by atoms with Crippen molar-refractivity contribution >= 4 is 11.7 Å². The third-order valence-corrected chi connectivity index (χ3v) is 4.26. The van der Waals surface area contributed by atoms with Gasteiger partial charge in [-0.25, -0.2) is 9.97 Å². The minimum atomic E-state index is 0.183. The number of nitrogens with zero attached hydrogens (tertiary/aromatic N) is 3. The van der Waals surface area contributed by atoms with Crippen LogP contribution in [0.1, 0.15) is 36.9 Å². The molecule has 5 nitrogen and oxygen atoms in total. The van der Waals surface area contributed by atoms with Crippen LogP contribution in [0.15, 0.2) is 6.33 Å². The number of piperidine rings is 1. The summed E-state index contributed by atoms with van der Waals surface area (Å²) >= 11 is 0. The van der Waals surface area contributed by atoms with Crippen LogP contribution in [-0.4, -0.2) is 28.9 Å². The van der Waals surface area contributed by atoms with Crippen molar-refractivity contribution < 1.29 is 0 Å². The lowest BCUT2D eigenvalue weighted by molar-refractivity contribution is 0.497. The van der Waals surface area contributed by atoms with Gasteiger partial charge in [-0.3, -0.25) is 5.41 Å². The van der Waals surface area contributed by atoms with Crippen LogP contribution in [0, 0.1) is 11.3 Å². The predicted molar refractivity (Wildman–Crippen MR) is 75.5 cm³/mol. The summed E-state index contributed by atoms with van der Waals surface area (Å²) in [5.74, 6) is 1.59. The zero-order valence-electron chi connectivity index (χ0n) is 11.2. The van der Waals surface area contributed by atoms with Crippen LogP contribution in [0.4, 0.5) is 5.82 Å². The summed E-state index contributed by atoms with van der Waals surface area (Å²) in [6, 6.07) is 0. The first-order chi connectivity index (χ1) is 9.25. The normalized spacial score (nSPS) is 22.9. The Balaban J connectivity index is 1.87. The van der Waals surface area contributed by atoms with Gasteiger partial charge in [0.15, 0.2) is 0 Å². The van der Waals surface area contributed by atoms with Crippen LogP contribution in [0.3, 0.4) is 0 Å². The van der Waals surface area contributed by atoms with Crippen LogP contribution in [-0.2, 0) is 12.8 Å². The predicted octanol–water partition coefficient (Wildman–Crippen LogP) is 1.51. The summed E-state index contributed by atoms with van der Waals surface area (Å²) in [6.07, 6.45) is 8.44. The molecule has 0 radical (unpaired) electrons. The second kappa shape index (κ2) is 5.15. The number of anilines is 1. The maximum absolute atomic E-state index is 7.65. The van der Waals surface area contributed by atoms with Crippen molar-refractivity contribution in [2.24, 2.45) is 11.7 Å². The van der Waals surface area contributed by atoms with E-state index in [0.717, 1.165) is 44.6 Å². The molecule has 5 heteroatoms. The van der Waals surface area contributed by atoms with E-state index in [4.69, 9.17) is 11.1 Å². The number of hydrogen-bond acceptors (Lipinski definition) is 4. The molecular formula is C14H21N5. The Morgan fingerprint density at radius 2 is 2.11 bits per heavy atom. The molecule has 1 atom stereocenters. The Hall–Kier alpha value is -1.65. The van der Waals surface area contributed by atoms with Gasteiger partial charge >= 0.3 is 0 Å². The largest absolute Gasteiger partial charge is 0.387 e. The Morgan fingerprint density at radius 3 is 2.95 bits per heavy atom. The number of rotatable bonds is 2. The second-order valence-corrected chi connectivity index (χ2v) is 5.57. The van der Waals surface area contributed by atoms with E-state index in [1.807, 2.05) is 0 Å². The van der Waals surface area contributed by atoms with Crippen LogP contribution in [0.2, 0.25) is 0 Å². The highest BCUT2D eigenvalue weighted by Crippen LogP contribution is 2.29. The van der Waals surface area contributed by atoms with Crippen molar-refractivity contribution in [3.8, 4) is 0 Å². The van der Waals surface area contributed by atoms with E-state index in [0.29, 0.717) is 5.84 Å². The molecule has 1 unspecified atom stereocenters. The molecule has 3 rings (SSSR count). The summed E-state index contributed by atoms with van der Waals surface area (Å²) in [7, 11) is 0. The molecule has 1 aromatic heterocycles. The van der Waals surface area contributed by atoms with Crippen molar-refractivity contribution in [1.29, 1.82) is 5.41 Å². The van der Waals surface area contributed by atoms with Gasteiger partial charge in [0.25, 0.3) is 0 Å². The number of aromatic nitrogens is 2. The lowest BCUT2D eigenvalue weighted by atomic mass is 9.93. The Bertz CT molecular complexity index is 485. The van der Waals surface area contributed by atoms with Crippen LogP contribution in [0.5, 0.6) is 0 Å². The van der Waals surface area contributed by atoms with Gasteiger partial charge < -0.3 is 10.6 Å². The van der Waals surface area contributed by atoms with Crippen LogP contribution < -0.4 is 10.6 Å². The smallest absolute Gasteiger partial charge is 0.135 e. The topological polar surface area (TPSA) is 78.9 Å². The van der Waals surface area contributed by atoms with Gasteiger partial charge in [-0.05, 0) is 38.5 Å². The molecular weight excluding hydrogens is 238 g/mol. The highest BCUT2D eigenvalue weighted by molar-refractivity contribution is 5.80. The molecule has 2 heterocycles. The highest BCUT2D eigenvalue weighted by atomic mass is 15.2. The van der Waals surface area contributed by atoms with Crippen molar-refractivity contribution in [3.63, 3.8) is 0 Å². The van der Waals surface area contributed by atoms with E-state index in [2.05, 4.69) is 14.9 Å². The third-order valence-electron chi connectivity index (χ3n) is 4.26.